The molecule has 7 rings (SSSR count). The van der Waals surface area contributed by atoms with Gasteiger partial charge in [0.05, 0.1) is 11.5 Å². The van der Waals surface area contributed by atoms with Crippen molar-refractivity contribution in [3.63, 3.8) is 0 Å². The molecule has 0 saturated heterocycles. The normalized spacial score (nSPS) is 10.5. The zero-order chi connectivity index (χ0) is 34.8. The van der Waals surface area contributed by atoms with Crippen molar-refractivity contribution in [1.82, 2.24) is 35.1 Å². The third kappa shape index (κ3) is 9.97. The molecule has 0 atom stereocenters. The number of nitrogens with zero attached hydrogens (tertiary/aromatic N) is 7. The Kier molecular flexibility index (Phi) is 12.8. The molecular weight excluding hydrogens is 837 g/mol. The molecule has 0 fully saturated rings. The summed E-state index contributed by atoms with van der Waals surface area (Å²) in [7, 11) is 0. The molecule has 2 aromatic carbocycles. The van der Waals surface area contributed by atoms with Gasteiger partial charge in [-0.15, -0.1) is 35.9 Å². The molecule has 0 aliphatic rings. The number of benzene rings is 2. The van der Waals surface area contributed by atoms with Gasteiger partial charge in [-0.25, -0.2) is 0 Å². The van der Waals surface area contributed by atoms with Crippen LogP contribution in [-0.4, -0.2) is 30.0 Å². The van der Waals surface area contributed by atoms with E-state index >= 15 is 0 Å². The molecule has 5 aromatic heterocycles. The van der Waals surface area contributed by atoms with Gasteiger partial charge in [-0.1, -0.05) is 54.4 Å². The van der Waals surface area contributed by atoms with Crippen LogP contribution in [0.25, 0.3) is 45.4 Å². The van der Waals surface area contributed by atoms with E-state index in [2.05, 4.69) is 47.2 Å². The van der Waals surface area contributed by atoms with Gasteiger partial charge in [0.2, 0.25) is 0 Å². The van der Waals surface area contributed by atoms with Crippen molar-refractivity contribution in [2.75, 3.05) is 0 Å². The summed E-state index contributed by atoms with van der Waals surface area (Å²) in [6.07, 6.45) is 1.38. The Morgan fingerprint density at radius 2 is 1.22 bits per heavy atom. The predicted octanol–water partition coefficient (Wildman–Crippen LogP) is 8.40. The summed E-state index contributed by atoms with van der Waals surface area (Å²) >= 11 is 0. The fraction of sp³-hybridized carbons (Fsp3) is 0.0556. The Morgan fingerprint density at radius 1 is 0.660 bits per heavy atom. The minimum Gasteiger partial charge on any atom is -0.417 e. The Balaban J connectivity index is 0.000000172. The van der Waals surface area contributed by atoms with E-state index in [0.29, 0.717) is 34.0 Å². The Hall–Kier alpha value is -5.59. The molecule has 0 amide bonds. The molecule has 14 heteroatoms. The van der Waals surface area contributed by atoms with E-state index in [4.69, 9.17) is 0 Å². The van der Waals surface area contributed by atoms with E-state index in [-0.39, 0.29) is 37.3 Å². The summed E-state index contributed by atoms with van der Waals surface area (Å²) in [5, 5.41) is 7.69. The monoisotopic (exact) mass is 859 g/mol. The number of halogens is 6. The van der Waals surface area contributed by atoms with Crippen LogP contribution < -0.4 is 5.10 Å². The summed E-state index contributed by atoms with van der Waals surface area (Å²) < 4.78 is 76.6. The second-order valence-corrected chi connectivity index (χ2v) is 9.97. The van der Waals surface area contributed by atoms with Crippen LogP contribution >= 0.6 is 0 Å². The summed E-state index contributed by atoms with van der Waals surface area (Å²) in [5.41, 5.74) is 2.48. The van der Waals surface area contributed by atoms with Crippen molar-refractivity contribution >= 4 is 0 Å². The Bertz CT molecular complexity index is 2010. The number of hydrogen-bond acceptors (Lipinski definition) is 6. The summed E-state index contributed by atoms with van der Waals surface area (Å²) in [6, 6.07) is 28.4. The molecule has 0 aliphatic carbocycles. The van der Waals surface area contributed by atoms with Gasteiger partial charge in [0.25, 0.3) is 0 Å². The maximum absolute atomic E-state index is 13.5. The average Bonchev–Trinajstić information content (AvgIpc) is 3.61. The van der Waals surface area contributed by atoms with Gasteiger partial charge in [-0.2, -0.15) is 13.2 Å². The van der Waals surface area contributed by atoms with Crippen LogP contribution in [-0.2, 0) is 26.3 Å². The maximum atomic E-state index is 13.5. The molecule has 0 radical (unpaired) electrons. The maximum Gasteiger partial charge on any atom is 3.00 e. The van der Waals surface area contributed by atoms with Gasteiger partial charge in [-0.3, -0.25) is 28.2 Å². The molecule has 0 saturated carbocycles. The van der Waals surface area contributed by atoms with Crippen LogP contribution in [0.1, 0.15) is 11.3 Å². The fourth-order valence-electron chi connectivity index (χ4n) is 4.09. The van der Waals surface area contributed by atoms with Crippen molar-refractivity contribution in [2.24, 2.45) is 0 Å². The van der Waals surface area contributed by atoms with Gasteiger partial charge in [0.15, 0.2) is 0 Å². The zero-order valence-electron chi connectivity index (χ0n) is 25.7. The minimum absolute atomic E-state index is 0. The van der Waals surface area contributed by atoms with Crippen molar-refractivity contribution in [1.29, 1.82) is 0 Å². The van der Waals surface area contributed by atoms with Crippen molar-refractivity contribution < 1.29 is 46.4 Å². The molecule has 7 aromatic rings. The molecule has 50 heavy (non-hydrogen) atoms. The molecule has 0 N–H and O–H groups in total. The first-order valence-electron chi connectivity index (χ1n) is 14.3. The topological polar surface area (TPSA) is 91.4 Å². The van der Waals surface area contributed by atoms with Crippen LogP contribution in [0.3, 0.4) is 0 Å². The first-order chi connectivity index (χ1) is 23.6. The largest absolute Gasteiger partial charge is 3.00 e. The summed E-state index contributed by atoms with van der Waals surface area (Å²) in [6.45, 7) is 1.84. The number of alkyl halides is 3. The minimum atomic E-state index is -4.47. The molecule has 0 unspecified atom stereocenters. The van der Waals surface area contributed by atoms with Crippen LogP contribution in [0.15, 0.2) is 116 Å². The Morgan fingerprint density at radius 3 is 1.70 bits per heavy atom. The first kappa shape index (κ1) is 37.2. The van der Waals surface area contributed by atoms with E-state index in [1.54, 1.807) is 73.2 Å². The van der Waals surface area contributed by atoms with Crippen molar-refractivity contribution in [3.05, 3.63) is 157 Å². The number of hydrogen-bond donors (Lipinski definition) is 0. The molecule has 0 aliphatic heterocycles. The van der Waals surface area contributed by atoms with Crippen LogP contribution in [0.5, 0.6) is 0 Å². The van der Waals surface area contributed by atoms with Crippen LogP contribution in [0, 0.1) is 36.5 Å². The molecule has 5 heterocycles. The Labute approximate surface area is 295 Å². The van der Waals surface area contributed by atoms with Gasteiger partial charge in [0, 0.05) is 47.8 Å². The van der Waals surface area contributed by atoms with Gasteiger partial charge in [0.1, 0.15) is 5.69 Å². The number of rotatable bonds is 4. The van der Waals surface area contributed by atoms with E-state index in [9.17, 15) is 26.3 Å². The SMILES string of the molecule is Cc1c[c-]c(-c2ccccn2)c(F)c1.FC(F)(F)c1ccc(-c2n[n-]c(-c3ccccn3)n2)cn1.Fc1c[c-]c(-c2ccccn2)c(F)c1.[Ir+3]. The second-order valence-electron chi connectivity index (χ2n) is 9.97. The quantitative estimate of drug-likeness (QED) is 0.130. The fourth-order valence-corrected chi connectivity index (χ4v) is 4.09. The molecular formula is C36H22F6IrN7. The number of aryl methyl sites for hydroxylation is 1. The summed E-state index contributed by atoms with van der Waals surface area (Å²) in [4.78, 5) is 19.6. The molecule has 252 valence electrons. The number of aromatic nitrogens is 7. The third-order valence-electron chi connectivity index (χ3n) is 6.39. The van der Waals surface area contributed by atoms with Crippen molar-refractivity contribution in [3.8, 4) is 45.4 Å². The van der Waals surface area contributed by atoms with E-state index in [1.165, 1.54) is 12.1 Å². The van der Waals surface area contributed by atoms with E-state index in [1.807, 2.05) is 13.0 Å². The smallest absolute Gasteiger partial charge is 0.417 e. The van der Waals surface area contributed by atoms with Gasteiger partial charge < -0.3 is 20.1 Å². The third-order valence-corrected chi connectivity index (χ3v) is 6.39. The molecule has 0 bridgehead atoms. The van der Waals surface area contributed by atoms with Crippen LogP contribution in [0.4, 0.5) is 26.3 Å². The zero-order valence-corrected chi connectivity index (χ0v) is 28.1. The predicted molar refractivity (Wildman–Crippen MR) is 168 cm³/mol. The van der Waals surface area contributed by atoms with Crippen molar-refractivity contribution in [2.45, 2.75) is 13.1 Å². The number of pyridine rings is 4. The average molecular weight is 859 g/mol. The van der Waals surface area contributed by atoms with Gasteiger partial charge in [-0.05, 0) is 53.6 Å². The molecule has 0 spiro atoms. The summed E-state index contributed by atoms with van der Waals surface area (Å²) in [5.74, 6) is -1.04. The molecule has 7 nitrogen and oxygen atoms in total. The van der Waals surface area contributed by atoms with Gasteiger partial charge >= 0.3 is 26.3 Å². The standard InChI is InChI=1S/C13H7F3N5.C12H9FN.C11H6F2N.Ir/c14-13(15,16)10-5-4-8(7-18-10)11-19-12(21-20-11)9-3-1-2-6-17-9;1-9-5-6-10(11(13)8-9)12-4-2-3-7-14-12;12-8-4-5-9(10(13)7-8)11-3-1-2-6-14-11;/h1-7H;2-5,7-8H,1H3;1-4,6-7H;/q3*-1;+3. The second kappa shape index (κ2) is 17.2. The van der Waals surface area contributed by atoms with E-state index < -0.39 is 23.5 Å². The first-order valence-corrected chi connectivity index (χ1v) is 14.3. The van der Waals surface area contributed by atoms with Crippen LogP contribution in [0.2, 0.25) is 0 Å². The van der Waals surface area contributed by atoms with E-state index in [0.717, 1.165) is 30.0 Å².